The summed E-state index contributed by atoms with van der Waals surface area (Å²) in [5, 5.41) is 0. The van der Waals surface area contributed by atoms with E-state index in [-0.39, 0.29) is 11.8 Å². The number of fused-ring (bicyclic) bond motifs is 1. The Morgan fingerprint density at radius 2 is 2.05 bits per heavy atom. The van der Waals surface area contributed by atoms with Gasteiger partial charge in [-0.15, -0.1) is 11.6 Å². The smallest absolute Gasteiger partial charge is 0.212 e. The molecule has 0 fully saturated rings. The molecular formula is C14H20ClNO2S. The van der Waals surface area contributed by atoms with Gasteiger partial charge in [-0.1, -0.05) is 24.3 Å². The largest absolute Gasteiger partial charge is 0.214 e. The lowest BCUT2D eigenvalue weighted by molar-refractivity contribution is 0.374. The van der Waals surface area contributed by atoms with Crippen LogP contribution in [0.5, 0.6) is 0 Å². The van der Waals surface area contributed by atoms with E-state index in [0.717, 1.165) is 24.8 Å². The molecule has 0 saturated carbocycles. The molecule has 0 radical (unpaired) electrons. The van der Waals surface area contributed by atoms with Crippen molar-refractivity contribution < 1.29 is 8.42 Å². The third kappa shape index (κ3) is 3.30. The Bertz CT molecular complexity index is 530. The fraction of sp³-hybridized carbons (Fsp3) is 0.571. The first kappa shape index (κ1) is 14.8. The van der Waals surface area contributed by atoms with Crippen LogP contribution >= 0.6 is 11.6 Å². The second-order valence-electron chi connectivity index (χ2n) is 4.98. The second kappa shape index (κ2) is 6.25. The fourth-order valence-corrected chi connectivity index (χ4v) is 4.28. The van der Waals surface area contributed by atoms with Crippen LogP contribution in [-0.2, 0) is 16.4 Å². The molecule has 2 rings (SSSR count). The highest BCUT2D eigenvalue weighted by Gasteiger charge is 2.31. The molecule has 0 spiro atoms. The summed E-state index contributed by atoms with van der Waals surface area (Å²) >= 11 is 5.60. The van der Waals surface area contributed by atoms with Crippen LogP contribution in [-0.4, -0.2) is 31.4 Å². The Labute approximate surface area is 120 Å². The van der Waals surface area contributed by atoms with Crippen molar-refractivity contribution in [2.75, 3.05) is 18.7 Å². The lowest BCUT2D eigenvalue weighted by Gasteiger charge is -2.24. The van der Waals surface area contributed by atoms with Crippen LogP contribution in [0.4, 0.5) is 0 Å². The van der Waals surface area contributed by atoms with Crippen molar-refractivity contribution >= 4 is 21.6 Å². The number of rotatable bonds is 6. The zero-order valence-electron chi connectivity index (χ0n) is 11.2. The minimum absolute atomic E-state index is 0.00259. The van der Waals surface area contributed by atoms with Gasteiger partial charge in [0.1, 0.15) is 0 Å². The van der Waals surface area contributed by atoms with Crippen molar-refractivity contribution in [3.05, 3.63) is 35.4 Å². The van der Waals surface area contributed by atoms with Crippen molar-refractivity contribution in [2.45, 2.75) is 31.7 Å². The van der Waals surface area contributed by atoms with E-state index < -0.39 is 10.0 Å². The summed E-state index contributed by atoms with van der Waals surface area (Å²) in [5.74, 6) is 0.709. The minimum atomic E-state index is -3.18. The molecule has 1 unspecified atom stereocenters. The normalized spacial score (nSPS) is 18.8. The van der Waals surface area contributed by atoms with Crippen molar-refractivity contribution in [1.29, 1.82) is 0 Å². The maximum atomic E-state index is 12.3. The zero-order valence-corrected chi connectivity index (χ0v) is 12.8. The van der Waals surface area contributed by atoms with Gasteiger partial charge in [-0.3, -0.25) is 0 Å². The Morgan fingerprint density at radius 3 is 2.79 bits per heavy atom. The third-order valence-electron chi connectivity index (χ3n) is 3.76. The van der Waals surface area contributed by atoms with Crippen molar-refractivity contribution in [2.24, 2.45) is 0 Å². The Morgan fingerprint density at radius 1 is 1.32 bits per heavy atom. The maximum absolute atomic E-state index is 12.3. The predicted molar refractivity (Wildman–Crippen MR) is 79.0 cm³/mol. The lowest BCUT2D eigenvalue weighted by Crippen LogP contribution is -2.32. The van der Waals surface area contributed by atoms with Gasteiger partial charge >= 0.3 is 0 Å². The average Bonchev–Trinajstić information content (AvgIpc) is 2.81. The van der Waals surface area contributed by atoms with Gasteiger partial charge in [-0.2, -0.15) is 4.31 Å². The molecule has 0 N–H and O–H groups in total. The van der Waals surface area contributed by atoms with Gasteiger partial charge < -0.3 is 0 Å². The molecule has 1 aliphatic rings. The Balaban J connectivity index is 2.10. The number of hydrogen-bond donors (Lipinski definition) is 0. The molecular weight excluding hydrogens is 282 g/mol. The van der Waals surface area contributed by atoms with Crippen LogP contribution in [0.2, 0.25) is 0 Å². The van der Waals surface area contributed by atoms with E-state index in [0.29, 0.717) is 12.3 Å². The van der Waals surface area contributed by atoms with Crippen molar-refractivity contribution in [3.8, 4) is 0 Å². The molecule has 0 aromatic heterocycles. The number of unbranched alkanes of at least 4 members (excludes halogenated alkanes) is 1. The van der Waals surface area contributed by atoms with Crippen molar-refractivity contribution in [1.82, 2.24) is 4.31 Å². The van der Waals surface area contributed by atoms with Gasteiger partial charge in [0, 0.05) is 19.0 Å². The summed E-state index contributed by atoms with van der Waals surface area (Å²) in [4.78, 5) is 0. The Hall–Kier alpha value is -0.580. The average molecular weight is 302 g/mol. The highest BCUT2D eigenvalue weighted by molar-refractivity contribution is 7.89. The molecule has 5 heteroatoms. The molecule has 19 heavy (non-hydrogen) atoms. The highest BCUT2D eigenvalue weighted by atomic mass is 35.5. The number of sulfonamides is 1. The monoisotopic (exact) mass is 301 g/mol. The van der Waals surface area contributed by atoms with Gasteiger partial charge in [0.15, 0.2) is 0 Å². The van der Waals surface area contributed by atoms with E-state index in [9.17, 15) is 8.42 Å². The molecule has 0 amide bonds. The van der Waals surface area contributed by atoms with Gasteiger partial charge in [-0.25, -0.2) is 8.42 Å². The van der Waals surface area contributed by atoms with E-state index in [1.807, 2.05) is 18.2 Å². The number of alkyl halides is 1. The van der Waals surface area contributed by atoms with Crippen LogP contribution in [0.25, 0.3) is 0 Å². The van der Waals surface area contributed by atoms with E-state index in [1.54, 1.807) is 11.4 Å². The molecule has 0 heterocycles. The van der Waals surface area contributed by atoms with Gasteiger partial charge in [0.2, 0.25) is 10.0 Å². The molecule has 0 bridgehead atoms. The summed E-state index contributed by atoms with van der Waals surface area (Å²) in [6, 6.07) is 8.11. The van der Waals surface area contributed by atoms with E-state index in [2.05, 4.69) is 6.07 Å². The molecule has 1 atom stereocenters. The molecule has 3 nitrogen and oxygen atoms in total. The summed E-state index contributed by atoms with van der Waals surface area (Å²) in [6.07, 6.45) is 3.22. The van der Waals surface area contributed by atoms with E-state index in [1.165, 1.54) is 5.56 Å². The van der Waals surface area contributed by atoms with Gasteiger partial charge in [0.05, 0.1) is 5.75 Å². The molecule has 0 aliphatic heterocycles. The van der Waals surface area contributed by atoms with Gasteiger partial charge in [-0.05, 0) is 36.8 Å². The van der Waals surface area contributed by atoms with Crippen molar-refractivity contribution in [3.63, 3.8) is 0 Å². The Kier molecular flexibility index (Phi) is 4.87. The van der Waals surface area contributed by atoms with Gasteiger partial charge in [0.25, 0.3) is 0 Å². The summed E-state index contributed by atoms with van der Waals surface area (Å²) in [5.41, 5.74) is 2.43. The van der Waals surface area contributed by atoms with E-state index in [4.69, 9.17) is 11.6 Å². The quantitative estimate of drug-likeness (QED) is 0.598. The van der Waals surface area contributed by atoms with Crippen LogP contribution in [0.1, 0.15) is 36.4 Å². The van der Waals surface area contributed by atoms with Crippen LogP contribution in [0.15, 0.2) is 24.3 Å². The van der Waals surface area contributed by atoms with Crippen LogP contribution in [0, 0.1) is 0 Å². The zero-order chi connectivity index (χ0) is 13.9. The van der Waals surface area contributed by atoms with E-state index >= 15 is 0 Å². The molecule has 1 aromatic carbocycles. The first-order chi connectivity index (χ1) is 9.06. The minimum Gasteiger partial charge on any atom is -0.212 e. The number of nitrogens with zero attached hydrogens (tertiary/aromatic N) is 1. The third-order valence-corrected chi connectivity index (χ3v) is 5.97. The number of halogens is 1. The number of hydrogen-bond acceptors (Lipinski definition) is 2. The summed E-state index contributed by atoms with van der Waals surface area (Å²) in [6.45, 7) is 0. The van der Waals surface area contributed by atoms with Crippen LogP contribution in [0.3, 0.4) is 0 Å². The molecule has 106 valence electrons. The molecule has 1 aromatic rings. The molecule has 1 aliphatic carbocycles. The molecule has 0 saturated heterocycles. The standard InChI is InChI=1S/C14H20ClNO2S/c1-16(19(17,18)11-5-4-10-15)14-9-8-12-6-2-3-7-13(12)14/h2-3,6-7,14H,4-5,8-11H2,1H3. The first-order valence-electron chi connectivity index (χ1n) is 6.66. The fourth-order valence-electron chi connectivity index (χ4n) is 2.63. The number of aryl methyl sites for hydroxylation is 1. The van der Waals surface area contributed by atoms with Crippen LogP contribution < -0.4 is 0 Å². The summed E-state index contributed by atoms with van der Waals surface area (Å²) in [7, 11) is -1.49. The first-order valence-corrected chi connectivity index (χ1v) is 8.80. The SMILES string of the molecule is CN(C1CCc2ccccc21)S(=O)(=O)CCCCCl. The predicted octanol–water partition coefficient (Wildman–Crippen LogP) is 2.95. The summed E-state index contributed by atoms with van der Waals surface area (Å²) < 4.78 is 26.1. The highest BCUT2D eigenvalue weighted by Crippen LogP contribution is 2.36. The second-order valence-corrected chi connectivity index (χ2v) is 7.51. The lowest BCUT2D eigenvalue weighted by atomic mass is 10.1. The topological polar surface area (TPSA) is 37.4 Å². The maximum Gasteiger partial charge on any atom is 0.214 e. The number of benzene rings is 1.